The molecular weight excluding hydrogens is 407 g/mol. The molecule has 0 bridgehead atoms. The average molecular weight is 439 g/mol. The molecule has 0 amide bonds. The lowest BCUT2D eigenvalue weighted by Crippen LogP contribution is -2.55. The fourth-order valence-electron chi connectivity index (χ4n) is 4.50. The van der Waals surface area contributed by atoms with E-state index in [1.807, 2.05) is 12.1 Å². The van der Waals surface area contributed by atoms with Gasteiger partial charge in [0.2, 0.25) is 5.82 Å². The maximum atomic E-state index is 15.3. The molecule has 1 aliphatic heterocycles. The van der Waals surface area contributed by atoms with Crippen molar-refractivity contribution in [2.75, 3.05) is 24.5 Å². The number of anilines is 1. The van der Waals surface area contributed by atoms with Gasteiger partial charge in [0, 0.05) is 38.4 Å². The highest BCUT2D eigenvalue weighted by atomic mass is 19.1. The van der Waals surface area contributed by atoms with Gasteiger partial charge in [0.15, 0.2) is 0 Å². The van der Waals surface area contributed by atoms with Crippen LogP contribution in [0.15, 0.2) is 30.5 Å². The normalized spacial score (nSPS) is 17.5. The number of rotatable bonds is 7. The van der Waals surface area contributed by atoms with E-state index in [1.54, 1.807) is 12.3 Å². The Hall–Kier alpha value is -2.94. The molecule has 1 saturated heterocycles. The zero-order valence-electron chi connectivity index (χ0n) is 19.2. The Morgan fingerprint density at radius 3 is 2.66 bits per heavy atom. The molecule has 170 valence electrons. The van der Waals surface area contributed by atoms with Gasteiger partial charge in [-0.1, -0.05) is 27.7 Å². The second-order valence-corrected chi connectivity index (χ2v) is 9.25. The van der Waals surface area contributed by atoms with E-state index in [1.165, 1.54) is 0 Å². The van der Waals surface area contributed by atoms with E-state index in [0.717, 1.165) is 49.5 Å². The molecule has 1 atom stereocenters. The van der Waals surface area contributed by atoms with Crippen LogP contribution >= 0.6 is 0 Å². The van der Waals surface area contributed by atoms with E-state index < -0.39 is 0 Å². The van der Waals surface area contributed by atoms with E-state index >= 15 is 4.39 Å². The van der Waals surface area contributed by atoms with Crippen molar-refractivity contribution in [1.82, 2.24) is 35.7 Å². The summed E-state index contributed by atoms with van der Waals surface area (Å²) in [6.07, 6.45) is 2.51. The van der Waals surface area contributed by atoms with Crippen molar-refractivity contribution in [1.29, 1.82) is 0 Å². The molecular formula is C23H31FN8. The third kappa shape index (κ3) is 4.93. The van der Waals surface area contributed by atoms with Gasteiger partial charge in [-0.2, -0.15) is 15.4 Å². The second-order valence-electron chi connectivity index (χ2n) is 9.25. The van der Waals surface area contributed by atoms with E-state index in [4.69, 9.17) is 0 Å². The Balaban J connectivity index is 1.66. The largest absolute Gasteiger partial charge is 0.368 e. The quantitative estimate of drug-likeness (QED) is 0.605. The third-order valence-corrected chi connectivity index (χ3v) is 5.98. The van der Waals surface area contributed by atoms with Crippen molar-refractivity contribution >= 4 is 5.69 Å². The standard InChI is InChI=1S/C23H31FN8/c1-15(2)10-17-11-19(24)22(23-27-29-30-28-23)20(12-17)32-9-8-31(21(14-32)16(3)4)13-18-6-5-7-25-26-18/h5-7,11-12,15-16,21H,8-10,13-14H2,1-4H3,(H,27,28,29,30). The molecule has 0 spiro atoms. The van der Waals surface area contributed by atoms with Gasteiger partial charge in [-0.3, -0.25) is 4.90 Å². The van der Waals surface area contributed by atoms with Gasteiger partial charge in [-0.15, -0.1) is 10.2 Å². The van der Waals surface area contributed by atoms with Gasteiger partial charge in [-0.05, 0) is 53.3 Å². The molecule has 1 N–H and O–H groups in total. The molecule has 1 unspecified atom stereocenters. The summed E-state index contributed by atoms with van der Waals surface area (Å²) in [4.78, 5) is 4.73. The number of nitrogens with one attached hydrogen (secondary N) is 1. The van der Waals surface area contributed by atoms with Crippen LogP contribution in [0.1, 0.15) is 39.0 Å². The fourth-order valence-corrected chi connectivity index (χ4v) is 4.50. The molecule has 32 heavy (non-hydrogen) atoms. The van der Waals surface area contributed by atoms with E-state index in [-0.39, 0.29) is 11.6 Å². The molecule has 0 radical (unpaired) electrons. The minimum absolute atomic E-state index is 0.289. The predicted molar refractivity (Wildman–Crippen MR) is 121 cm³/mol. The lowest BCUT2D eigenvalue weighted by Gasteiger charge is -2.44. The summed E-state index contributed by atoms with van der Waals surface area (Å²) >= 11 is 0. The molecule has 1 aromatic carbocycles. The summed E-state index contributed by atoms with van der Waals surface area (Å²) in [5, 5.41) is 22.5. The predicted octanol–water partition coefficient (Wildman–Crippen LogP) is 3.34. The lowest BCUT2D eigenvalue weighted by atomic mass is 9.96. The summed E-state index contributed by atoms with van der Waals surface area (Å²) in [5.74, 6) is 0.844. The first-order valence-electron chi connectivity index (χ1n) is 11.2. The summed E-state index contributed by atoms with van der Waals surface area (Å²) in [7, 11) is 0. The average Bonchev–Trinajstić information content (AvgIpc) is 3.28. The summed E-state index contributed by atoms with van der Waals surface area (Å²) in [6.45, 7) is 11.9. The highest BCUT2D eigenvalue weighted by Crippen LogP contribution is 2.35. The zero-order valence-corrected chi connectivity index (χ0v) is 19.2. The van der Waals surface area contributed by atoms with Crippen molar-refractivity contribution in [3.8, 4) is 11.4 Å². The summed E-state index contributed by atoms with van der Waals surface area (Å²) < 4.78 is 15.3. The number of piperazine rings is 1. The summed E-state index contributed by atoms with van der Waals surface area (Å²) in [6, 6.07) is 7.93. The Kier molecular flexibility index (Phi) is 6.74. The van der Waals surface area contributed by atoms with Gasteiger partial charge in [-0.25, -0.2) is 4.39 Å². The van der Waals surface area contributed by atoms with Crippen molar-refractivity contribution in [3.63, 3.8) is 0 Å². The van der Waals surface area contributed by atoms with Gasteiger partial charge >= 0.3 is 0 Å². The SMILES string of the molecule is CC(C)Cc1cc(F)c(-c2nn[nH]n2)c(N2CCN(Cc3cccnn3)C(C(C)C)C2)c1. The molecule has 1 aliphatic rings. The highest BCUT2D eigenvalue weighted by molar-refractivity contribution is 5.76. The van der Waals surface area contributed by atoms with Gasteiger partial charge in [0.25, 0.3) is 0 Å². The van der Waals surface area contributed by atoms with Crippen LogP contribution in [0, 0.1) is 17.7 Å². The van der Waals surface area contributed by atoms with Crippen LogP contribution in [-0.4, -0.2) is 61.4 Å². The Morgan fingerprint density at radius 2 is 2.00 bits per heavy atom. The molecule has 2 aromatic heterocycles. The molecule has 0 aliphatic carbocycles. The van der Waals surface area contributed by atoms with Crippen LogP contribution in [0.25, 0.3) is 11.4 Å². The van der Waals surface area contributed by atoms with Crippen LogP contribution in [0.3, 0.4) is 0 Å². The van der Waals surface area contributed by atoms with E-state index in [2.05, 4.69) is 74.4 Å². The number of aromatic amines is 1. The first-order valence-corrected chi connectivity index (χ1v) is 11.2. The number of halogens is 1. The molecule has 1 fully saturated rings. The molecule has 8 nitrogen and oxygen atoms in total. The van der Waals surface area contributed by atoms with Crippen LogP contribution in [0.4, 0.5) is 10.1 Å². The Morgan fingerprint density at radius 1 is 1.16 bits per heavy atom. The van der Waals surface area contributed by atoms with Gasteiger partial charge in [0.1, 0.15) is 5.82 Å². The maximum Gasteiger partial charge on any atom is 0.209 e. The van der Waals surface area contributed by atoms with E-state index in [0.29, 0.717) is 23.4 Å². The summed E-state index contributed by atoms with van der Waals surface area (Å²) in [5.41, 5.74) is 3.20. The highest BCUT2D eigenvalue weighted by Gasteiger charge is 2.32. The van der Waals surface area contributed by atoms with E-state index in [9.17, 15) is 0 Å². The van der Waals surface area contributed by atoms with Crippen LogP contribution in [0.5, 0.6) is 0 Å². The second kappa shape index (κ2) is 9.68. The van der Waals surface area contributed by atoms with Gasteiger partial charge < -0.3 is 4.90 Å². The molecule has 3 heterocycles. The number of H-pyrrole nitrogens is 1. The van der Waals surface area contributed by atoms with Crippen molar-refractivity contribution < 1.29 is 4.39 Å². The van der Waals surface area contributed by atoms with Crippen LogP contribution < -0.4 is 4.90 Å². The molecule has 3 aromatic rings. The van der Waals surface area contributed by atoms with Crippen molar-refractivity contribution in [2.24, 2.45) is 11.8 Å². The fraction of sp³-hybridized carbons (Fsp3) is 0.522. The zero-order chi connectivity index (χ0) is 22.7. The molecule has 9 heteroatoms. The smallest absolute Gasteiger partial charge is 0.209 e. The van der Waals surface area contributed by atoms with Crippen LogP contribution in [-0.2, 0) is 13.0 Å². The number of nitrogens with zero attached hydrogens (tertiary/aromatic N) is 7. The Labute approximate surface area is 188 Å². The number of aromatic nitrogens is 6. The minimum atomic E-state index is -0.303. The first kappa shape index (κ1) is 22.3. The molecule has 4 rings (SSSR count). The number of tetrazole rings is 1. The number of benzene rings is 1. The minimum Gasteiger partial charge on any atom is -0.368 e. The topological polar surface area (TPSA) is 86.7 Å². The monoisotopic (exact) mass is 438 g/mol. The number of hydrogen-bond donors (Lipinski definition) is 1. The van der Waals surface area contributed by atoms with Crippen LogP contribution in [0.2, 0.25) is 0 Å². The lowest BCUT2D eigenvalue weighted by molar-refractivity contribution is 0.128. The first-order chi connectivity index (χ1) is 15.4. The molecule has 0 saturated carbocycles. The van der Waals surface area contributed by atoms with Crippen molar-refractivity contribution in [2.45, 2.75) is 46.7 Å². The third-order valence-electron chi connectivity index (χ3n) is 5.98. The number of hydrogen-bond acceptors (Lipinski definition) is 7. The van der Waals surface area contributed by atoms with Gasteiger partial charge in [0.05, 0.1) is 16.9 Å². The van der Waals surface area contributed by atoms with Crippen molar-refractivity contribution in [3.05, 3.63) is 47.5 Å². The maximum absolute atomic E-state index is 15.3. The Bertz CT molecular complexity index is 1010.